The fraction of sp³-hybridized carbons (Fsp3) is 0.600. The molecule has 1 heterocycles. The van der Waals surface area contributed by atoms with E-state index in [0.717, 1.165) is 11.4 Å². The molecule has 0 aliphatic carbocycles. The number of carbonyl (C=O) groups excluding carboxylic acids is 1. The average Bonchev–Trinajstić information content (AvgIpc) is 2.45. The summed E-state index contributed by atoms with van der Waals surface area (Å²) in [5.41, 5.74) is 1.66. The zero-order valence-electron chi connectivity index (χ0n) is 9.37. The van der Waals surface area contributed by atoms with E-state index >= 15 is 0 Å². The SMILES string of the molecule is COC(=O)C(C)Cn1nc(C)c(Cl)c1C. The van der Waals surface area contributed by atoms with Crippen molar-refractivity contribution in [2.24, 2.45) is 5.92 Å². The molecule has 1 aromatic rings. The molecule has 0 spiro atoms. The van der Waals surface area contributed by atoms with Gasteiger partial charge in [0.25, 0.3) is 0 Å². The lowest BCUT2D eigenvalue weighted by atomic mass is 10.2. The van der Waals surface area contributed by atoms with Crippen molar-refractivity contribution < 1.29 is 9.53 Å². The van der Waals surface area contributed by atoms with E-state index in [1.165, 1.54) is 7.11 Å². The molecule has 0 aliphatic heterocycles. The van der Waals surface area contributed by atoms with Gasteiger partial charge in [-0.05, 0) is 13.8 Å². The number of ether oxygens (including phenoxy) is 1. The van der Waals surface area contributed by atoms with Crippen LogP contribution in [0.3, 0.4) is 0 Å². The van der Waals surface area contributed by atoms with Crippen molar-refractivity contribution in [3.05, 3.63) is 16.4 Å². The molecule has 0 fully saturated rings. The first-order chi connectivity index (χ1) is 6.97. The second-order valence-corrected chi connectivity index (χ2v) is 3.97. The maximum atomic E-state index is 11.2. The molecule has 0 bridgehead atoms. The number of esters is 1. The van der Waals surface area contributed by atoms with Crippen LogP contribution in [0.1, 0.15) is 18.3 Å². The van der Waals surface area contributed by atoms with Crippen molar-refractivity contribution in [1.29, 1.82) is 0 Å². The molecule has 0 amide bonds. The summed E-state index contributed by atoms with van der Waals surface area (Å²) >= 11 is 6.00. The van der Waals surface area contributed by atoms with Crippen molar-refractivity contribution in [3.63, 3.8) is 0 Å². The van der Waals surface area contributed by atoms with Gasteiger partial charge in [0.1, 0.15) is 0 Å². The van der Waals surface area contributed by atoms with Crippen molar-refractivity contribution in [3.8, 4) is 0 Å². The Morgan fingerprint density at radius 2 is 2.20 bits per heavy atom. The van der Waals surface area contributed by atoms with Crippen LogP contribution in [0.4, 0.5) is 0 Å². The first-order valence-electron chi connectivity index (χ1n) is 4.74. The van der Waals surface area contributed by atoms with Crippen molar-refractivity contribution >= 4 is 17.6 Å². The van der Waals surface area contributed by atoms with Crippen LogP contribution in [-0.4, -0.2) is 22.9 Å². The number of rotatable bonds is 3. The Balaban J connectivity index is 2.81. The first kappa shape index (κ1) is 12.0. The fourth-order valence-corrected chi connectivity index (χ4v) is 1.52. The van der Waals surface area contributed by atoms with Crippen LogP contribution < -0.4 is 0 Å². The smallest absolute Gasteiger partial charge is 0.310 e. The monoisotopic (exact) mass is 230 g/mol. The van der Waals surface area contributed by atoms with Gasteiger partial charge in [0.05, 0.1) is 36.0 Å². The second-order valence-electron chi connectivity index (χ2n) is 3.59. The van der Waals surface area contributed by atoms with E-state index in [0.29, 0.717) is 11.6 Å². The molecule has 0 radical (unpaired) electrons. The number of nitrogens with zero attached hydrogens (tertiary/aromatic N) is 2. The van der Waals surface area contributed by atoms with Gasteiger partial charge in [-0.25, -0.2) is 0 Å². The normalized spacial score (nSPS) is 12.6. The lowest BCUT2D eigenvalue weighted by Gasteiger charge is -2.10. The predicted molar refractivity (Wildman–Crippen MR) is 57.9 cm³/mol. The Morgan fingerprint density at radius 1 is 1.60 bits per heavy atom. The average molecular weight is 231 g/mol. The Hall–Kier alpha value is -1.03. The van der Waals surface area contributed by atoms with Crippen LogP contribution >= 0.6 is 11.6 Å². The van der Waals surface area contributed by atoms with Crippen molar-refractivity contribution in [2.45, 2.75) is 27.3 Å². The van der Waals surface area contributed by atoms with Gasteiger partial charge in [0.2, 0.25) is 0 Å². The highest BCUT2D eigenvalue weighted by Crippen LogP contribution is 2.19. The molecule has 1 atom stereocenters. The molecular formula is C10H15ClN2O2. The summed E-state index contributed by atoms with van der Waals surface area (Å²) in [7, 11) is 1.38. The van der Waals surface area contributed by atoms with Crippen LogP contribution in [0.25, 0.3) is 0 Å². The molecule has 1 rings (SSSR count). The van der Waals surface area contributed by atoms with E-state index < -0.39 is 0 Å². The quantitative estimate of drug-likeness (QED) is 0.746. The number of halogens is 1. The Bertz CT molecular complexity index is 374. The highest BCUT2D eigenvalue weighted by atomic mass is 35.5. The second kappa shape index (κ2) is 4.66. The Kier molecular flexibility index (Phi) is 3.74. The number of hydrogen-bond acceptors (Lipinski definition) is 3. The van der Waals surface area contributed by atoms with Crippen molar-refractivity contribution in [2.75, 3.05) is 7.11 Å². The summed E-state index contributed by atoms with van der Waals surface area (Å²) in [5.74, 6) is -0.456. The molecule has 1 unspecified atom stereocenters. The fourth-order valence-electron chi connectivity index (χ4n) is 1.39. The highest BCUT2D eigenvalue weighted by Gasteiger charge is 2.17. The van der Waals surface area contributed by atoms with Gasteiger partial charge in [0.15, 0.2) is 0 Å². The third-order valence-electron chi connectivity index (χ3n) is 2.34. The van der Waals surface area contributed by atoms with Crippen LogP contribution in [-0.2, 0) is 16.1 Å². The van der Waals surface area contributed by atoms with E-state index in [9.17, 15) is 4.79 Å². The maximum Gasteiger partial charge on any atom is 0.310 e. The largest absolute Gasteiger partial charge is 0.469 e. The van der Waals surface area contributed by atoms with E-state index in [4.69, 9.17) is 11.6 Å². The lowest BCUT2D eigenvalue weighted by molar-refractivity contribution is -0.145. The third-order valence-corrected chi connectivity index (χ3v) is 2.89. The summed E-state index contributed by atoms with van der Waals surface area (Å²) in [5, 5.41) is 4.90. The molecule has 0 N–H and O–H groups in total. The van der Waals surface area contributed by atoms with Gasteiger partial charge >= 0.3 is 5.97 Å². The molecule has 5 heteroatoms. The summed E-state index contributed by atoms with van der Waals surface area (Å²) < 4.78 is 6.38. The van der Waals surface area contributed by atoms with Gasteiger partial charge in [-0.1, -0.05) is 18.5 Å². The van der Waals surface area contributed by atoms with E-state index in [2.05, 4.69) is 9.84 Å². The van der Waals surface area contributed by atoms with Crippen LogP contribution in [0, 0.1) is 19.8 Å². The van der Waals surface area contributed by atoms with Crippen LogP contribution in [0.15, 0.2) is 0 Å². The minimum absolute atomic E-state index is 0.218. The summed E-state index contributed by atoms with van der Waals surface area (Å²) in [6, 6.07) is 0. The first-order valence-corrected chi connectivity index (χ1v) is 5.12. The predicted octanol–water partition coefficient (Wildman–Crippen LogP) is 1.96. The summed E-state index contributed by atoms with van der Waals surface area (Å²) in [6.07, 6.45) is 0. The van der Waals surface area contributed by atoms with Crippen LogP contribution in [0.5, 0.6) is 0 Å². The lowest BCUT2D eigenvalue weighted by Crippen LogP contribution is -2.20. The van der Waals surface area contributed by atoms with Crippen LogP contribution in [0.2, 0.25) is 5.02 Å². The zero-order valence-corrected chi connectivity index (χ0v) is 10.1. The number of carbonyl (C=O) groups is 1. The molecular weight excluding hydrogens is 216 g/mol. The molecule has 84 valence electrons. The molecule has 0 aromatic carbocycles. The van der Waals surface area contributed by atoms with Gasteiger partial charge in [-0.3, -0.25) is 9.48 Å². The molecule has 4 nitrogen and oxygen atoms in total. The molecule has 1 aromatic heterocycles. The van der Waals surface area contributed by atoms with Gasteiger partial charge in [0, 0.05) is 0 Å². The van der Waals surface area contributed by atoms with E-state index in [1.54, 1.807) is 11.6 Å². The summed E-state index contributed by atoms with van der Waals surface area (Å²) in [4.78, 5) is 11.2. The number of methoxy groups -OCH3 is 1. The molecule has 0 saturated heterocycles. The van der Waals surface area contributed by atoms with Gasteiger partial charge < -0.3 is 4.74 Å². The Labute approximate surface area is 94.2 Å². The van der Waals surface area contributed by atoms with E-state index in [1.807, 2.05) is 13.8 Å². The minimum Gasteiger partial charge on any atom is -0.469 e. The third kappa shape index (κ3) is 2.50. The van der Waals surface area contributed by atoms with E-state index in [-0.39, 0.29) is 11.9 Å². The molecule has 0 aliphatic rings. The number of aromatic nitrogens is 2. The summed E-state index contributed by atoms with van der Waals surface area (Å²) in [6.45, 7) is 6.02. The molecule has 15 heavy (non-hydrogen) atoms. The number of aryl methyl sites for hydroxylation is 1. The maximum absolute atomic E-state index is 11.2. The number of hydrogen-bond donors (Lipinski definition) is 0. The molecule has 0 saturated carbocycles. The zero-order chi connectivity index (χ0) is 11.6. The standard InChI is InChI=1S/C10H15ClN2O2/c1-6(10(14)15-4)5-13-8(3)9(11)7(2)12-13/h6H,5H2,1-4H3. The topological polar surface area (TPSA) is 44.1 Å². The highest BCUT2D eigenvalue weighted by molar-refractivity contribution is 6.31. The minimum atomic E-state index is -0.237. The van der Waals surface area contributed by atoms with Gasteiger partial charge in [-0.2, -0.15) is 5.10 Å². The van der Waals surface area contributed by atoms with Crippen molar-refractivity contribution in [1.82, 2.24) is 9.78 Å². The van der Waals surface area contributed by atoms with Gasteiger partial charge in [-0.15, -0.1) is 0 Å². The Morgan fingerprint density at radius 3 is 2.60 bits per heavy atom.